The summed E-state index contributed by atoms with van der Waals surface area (Å²) in [6.07, 6.45) is 3.05. The summed E-state index contributed by atoms with van der Waals surface area (Å²) in [7, 11) is -2.39. The molecule has 0 atom stereocenters. The summed E-state index contributed by atoms with van der Waals surface area (Å²) in [5.74, 6) is -1.61. The van der Waals surface area contributed by atoms with E-state index >= 15 is 0 Å². The molecule has 0 unspecified atom stereocenters. The summed E-state index contributed by atoms with van der Waals surface area (Å²) in [6.45, 7) is 1.47. The van der Waals surface area contributed by atoms with Gasteiger partial charge >= 0.3 is 0 Å². The van der Waals surface area contributed by atoms with Crippen molar-refractivity contribution in [3.63, 3.8) is 0 Å². The molecule has 1 aromatic carbocycles. The van der Waals surface area contributed by atoms with Crippen molar-refractivity contribution in [3.05, 3.63) is 35.4 Å². The van der Waals surface area contributed by atoms with Gasteiger partial charge in [0.25, 0.3) is 0 Å². The highest BCUT2D eigenvalue weighted by molar-refractivity contribution is 7.88. The molecule has 1 rings (SSSR count). The van der Waals surface area contributed by atoms with Crippen LogP contribution in [0.4, 0.5) is 0 Å². The minimum absolute atomic E-state index is 0.198. The van der Waals surface area contributed by atoms with Crippen molar-refractivity contribution in [2.24, 2.45) is 0 Å². The maximum Gasteiger partial charge on any atom is 0.218 e. The van der Waals surface area contributed by atoms with Gasteiger partial charge in [0.1, 0.15) is 0 Å². The van der Waals surface area contributed by atoms with Crippen molar-refractivity contribution in [2.75, 3.05) is 13.6 Å². The molecule has 0 spiro atoms. The number of aryl methyl sites for hydroxylation is 1. The number of sulfonamides is 1. The van der Waals surface area contributed by atoms with Gasteiger partial charge in [0.15, 0.2) is 0 Å². The van der Waals surface area contributed by atoms with Crippen LogP contribution in [0.3, 0.4) is 0 Å². The van der Waals surface area contributed by atoms with E-state index in [1.165, 1.54) is 7.05 Å². The van der Waals surface area contributed by atoms with E-state index in [-0.39, 0.29) is 5.75 Å². The van der Waals surface area contributed by atoms with E-state index in [1.807, 2.05) is 18.2 Å². The molecule has 0 aromatic heterocycles. The molecular formula is C14H20NO4S-. The van der Waals surface area contributed by atoms with Crippen molar-refractivity contribution in [1.29, 1.82) is 0 Å². The second-order valence-corrected chi connectivity index (χ2v) is 6.88. The van der Waals surface area contributed by atoms with Crippen molar-refractivity contribution in [1.82, 2.24) is 4.31 Å². The molecule has 0 aliphatic heterocycles. The third-order valence-electron chi connectivity index (χ3n) is 2.99. The molecule has 6 heteroatoms. The van der Waals surface area contributed by atoms with Crippen LogP contribution in [0.1, 0.15) is 30.9 Å². The van der Waals surface area contributed by atoms with Crippen LogP contribution in [-0.2, 0) is 27.0 Å². The van der Waals surface area contributed by atoms with E-state index in [2.05, 4.69) is 6.92 Å². The van der Waals surface area contributed by atoms with Gasteiger partial charge in [-0.15, -0.1) is 0 Å². The third-order valence-corrected chi connectivity index (χ3v) is 4.76. The molecule has 0 amide bonds. The molecule has 0 bridgehead atoms. The fourth-order valence-corrected chi connectivity index (χ4v) is 2.98. The summed E-state index contributed by atoms with van der Waals surface area (Å²) >= 11 is 0. The zero-order chi connectivity index (χ0) is 15.2. The normalized spacial score (nSPS) is 11.8. The highest BCUT2D eigenvalue weighted by Gasteiger charge is 2.18. The Labute approximate surface area is 120 Å². The van der Waals surface area contributed by atoms with Gasteiger partial charge in [0, 0.05) is 7.05 Å². The second-order valence-electron chi connectivity index (χ2n) is 4.81. The lowest BCUT2D eigenvalue weighted by Gasteiger charge is -2.17. The highest BCUT2D eigenvalue weighted by atomic mass is 32.2. The Balaban J connectivity index is 2.79. The predicted octanol–water partition coefficient (Wildman–Crippen LogP) is 0.541. The number of likely N-dealkylation sites (N-methyl/N-ethyl adjacent to an activating group) is 1. The molecule has 0 saturated heterocycles. The number of nitrogens with zero attached hydrogens (tertiary/aromatic N) is 1. The van der Waals surface area contributed by atoms with E-state index in [0.717, 1.165) is 29.1 Å². The Kier molecular flexibility index (Phi) is 6.16. The van der Waals surface area contributed by atoms with Crippen molar-refractivity contribution in [2.45, 2.75) is 31.9 Å². The van der Waals surface area contributed by atoms with Crippen LogP contribution < -0.4 is 5.11 Å². The molecule has 0 heterocycles. The Hall–Kier alpha value is -1.40. The van der Waals surface area contributed by atoms with Crippen LogP contribution in [0.5, 0.6) is 0 Å². The first-order chi connectivity index (χ1) is 9.35. The molecule has 0 aliphatic rings. The average Bonchev–Trinajstić information content (AvgIpc) is 2.35. The van der Waals surface area contributed by atoms with E-state index in [1.54, 1.807) is 6.07 Å². The Morgan fingerprint density at radius 2 is 1.95 bits per heavy atom. The van der Waals surface area contributed by atoms with Crippen molar-refractivity contribution < 1.29 is 18.3 Å². The lowest BCUT2D eigenvalue weighted by molar-refractivity contribution is -0.305. The molecule has 0 fully saturated rings. The second kappa shape index (κ2) is 7.40. The van der Waals surface area contributed by atoms with Gasteiger partial charge in [0.2, 0.25) is 10.0 Å². The molecule has 112 valence electrons. The van der Waals surface area contributed by atoms with Crippen LogP contribution in [0.25, 0.3) is 0 Å². The zero-order valence-electron chi connectivity index (χ0n) is 11.8. The largest absolute Gasteiger partial charge is 0.549 e. The van der Waals surface area contributed by atoms with Gasteiger partial charge < -0.3 is 9.90 Å². The molecular weight excluding hydrogens is 278 g/mol. The number of aliphatic carboxylic acids is 1. The molecule has 0 aliphatic carbocycles. The van der Waals surface area contributed by atoms with Gasteiger partial charge in [0.05, 0.1) is 18.3 Å². The first kappa shape index (κ1) is 16.7. The molecule has 0 N–H and O–H groups in total. The Morgan fingerprint density at radius 3 is 2.55 bits per heavy atom. The van der Waals surface area contributed by atoms with E-state index in [9.17, 15) is 18.3 Å². The molecule has 0 radical (unpaired) electrons. The molecule has 20 heavy (non-hydrogen) atoms. The number of carbonyl (C=O) groups excluding carboxylic acids is 1. The maximum absolute atomic E-state index is 12.0. The Morgan fingerprint density at radius 1 is 1.30 bits per heavy atom. The number of carboxylic acid groups (broad SMARTS) is 1. The molecule has 1 aromatic rings. The van der Waals surface area contributed by atoms with Crippen LogP contribution in [0, 0.1) is 0 Å². The van der Waals surface area contributed by atoms with Crippen LogP contribution in [0.15, 0.2) is 24.3 Å². The zero-order valence-corrected chi connectivity index (χ0v) is 12.6. The lowest BCUT2D eigenvalue weighted by atomic mass is 10.1. The lowest BCUT2D eigenvalue weighted by Crippen LogP contribution is -2.39. The number of carbonyl (C=O) groups is 1. The SMILES string of the molecule is CCCCc1cccc(CS(=O)(=O)N(C)CC(=O)[O-])c1. The summed E-state index contributed by atoms with van der Waals surface area (Å²) in [5, 5.41) is 10.5. The number of unbranched alkanes of at least 4 members (excludes halogenated alkanes) is 1. The van der Waals surface area contributed by atoms with Gasteiger partial charge in [-0.05, 0) is 24.0 Å². The number of hydrogen-bond acceptors (Lipinski definition) is 4. The summed E-state index contributed by atoms with van der Waals surface area (Å²) in [5.41, 5.74) is 1.77. The standard InChI is InChI=1S/C14H21NO4S/c1-3-4-6-12-7-5-8-13(9-12)11-20(18,19)15(2)10-14(16)17/h5,7-9H,3-4,6,10-11H2,1-2H3,(H,16,17)/p-1. The average molecular weight is 298 g/mol. The minimum atomic E-state index is -3.63. The summed E-state index contributed by atoms with van der Waals surface area (Å²) in [6, 6.07) is 7.39. The van der Waals surface area contributed by atoms with Gasteiger partial charge in [-0.1, -0.05) is 37.6 Å². The van der Waals surface area contributed by atoms with Gasteiger partial charge in [-0.3, -0.25) is 0 Å². The van der Waals surface area contributed by atoms with Gasteiger partial charge in [-0.25, -0.2) is 8.42 Å². The quantitative estimate of drug-likeness (QED) is 0.702. The number of hydrogen-bond donors (Lipinski definition) is 0. The summed E-state index contributed by atoms with van der Waals surface area (Å²) < 4.78 is 24.8. The van der Waals surface area contributed by atoms with Crippen molar-refractivity contribution >= 4 is 16.0 Å². The number of rotatable bonds is 8. The fraction of sp³-hybridized carbons (Fsp3) is 0.500. The van der Waals surface area contributed by atoms with Gasteiger partial charge in [-0.2, -0.15) is 4.31 Å². The Bertz CT molecular complexity index is 554. The van der Waals surface area contributed by atoms with E-state index < -0.39 is 22.5 Å². The number of carboxylic acids is 1. The first-order valence-electron chi connectivity index (χ1n) is 6.57. The third kappa shape index (κ3) is 5.30. The summed E-state index contributed by atoms with van der Waals surface area (Å²) in [4.78, 5) is 10.5. The highest BCUT2D eigenvalue weighted by Crippen LogP contribution is 2.13. The van der Waals surface area contributed by atoms with E-state index in [0.29, 0.717) is 5.56 Å². The molecule has 5 nitrogen and oxygen atoms in total. The number of benzene rings is 1. The first-order valence-corrected chi connectivity index (χ1v) is 8.17. The van der Waals surface area contributed by atoms with Crippen LogP contribution in [0.2, 0.25) is 0 Å². The smallest absolute Gasteiger partial charge is 0.218 e. The minimum Gasteiger partial charge on any atom is -0.549 e. The maximum atomic E-state index is 12.0. The fourth-order valence-electron chi connectivity index (χ4n) is 1.86. The van der Waals surface area contributed by atoms with Crippen LogP contribution in [-0.4, -0.2) is 32.3 Å². The van der Waals surface area contributed by atoms with Crippen LogP contribution >= 0.6 is 0 Å². The topological polar surface area (TPSA) is 77.5 Å². The predicted molar refractivity (Wildman–Crippen MR) is 75.3 cm³/mol. The van der Waals surface area contributed by atoms with Crippen molar-refractivity contribution in [3.8, 4) is 0 Å². The molecule has 0 saturated carbocycles. The van der Waals surface area contributed by atoms with E-state index in [4.69, 9.17) is 0 Å². The monoisotopic (exact) mass is 298 g/mol.